The van der Waals surface area contributed by atoms with Crippen molar-refractivity contribution in [3.05, 3.63) is 28.1 Å². The molecule has 0 radical (unpaired) electrons. The third-order valence-corrected chi connectivity index (χ3v) is 5.72. The summed E-state index contributed by atoms with van der Waals surface area (Å²) in [5, 5.41) is 1.53. The van der Waals surface area contributed by atoms with Crippen LogP contribution in [-0.4, -0.2) is 22.9 Å². The number of fused-ring (bicyclic) bond motifs is 1. The van der Waals surface area contributed by atoms with E-state index in [1.807, 2.05) is 23.1 Å². The second-order valence-electron chi connectivity index (χ2n) is 5.83. The first-order chi connectivity index (χ1) is 9.99. The lowest BCUT2D eigenvalue weighted by atomic mass is 9.97. The number of rotatable bonds is 1. The smallest absolute Gasteiger partial charge is 0.266 e. The fourth-order valence-electron chi connectivity index (χ4n) is 3.19. The average molecular weight is 323 g/mol. The number of carbonyl (C=O) groups excluding carboxylic acids is 1. The number of piperidine rings is 1. The normalized spacial score (nSPS) is 22.7. The molecule has 1 fully saturated rings. The Kier molecular flexibility index (Phi) is 3.84. The third-order valence-electron chi connectivity index (χ3n) is 4.31. The van der Waals surface area contributed by atoms with Gasteiger partial charge in [0.2, 0.25) is 0 Å². The SMILES string of the molecule is C[C@@H]1CCC[C@H](C)N1C(=O)c1sc2ccc(Cl)cc2c1N. The van der Waals surface area contributed by atoms with Gasteiger partial charge in [-0.15, -0.1) is 11.3 Å². The molecular formula is C16H19ClN2OS. The molecule has 3 nitrogen and oxygen atoms in total. The van der Waals surface area contributed by atoms with E-state index in [1.165, 1.54) is 17.8 Å². The Morgan fingerprint density at radius 1 is 1.33 bits per heavy atom. The summed E-state index contributed by atoms with van der Waals surface area (Å²) in [5.41, 5.74) is 6.77. The molecule has 0 spiro atoms. The molecule has 0 unspecified atom stereocenters. The number of likely N-dealkylation sites (tertiary alicyclic amines) is 1. The zero-order valence-electron chi connectivity index (χ0n) is 12.2. The number of carbonyl (C=O) groups is 1. The molecule has 0 aliphatic carbocycles. The molecule has 2 N–H and O–H groups in total. The molecule has 2 aromatic rings. The number of halogens is 1. The lowest BCUT2D eigenvalue weighted by molar-refractivity contribution is 0.0517. The highest BCUT2D eigenvalue weighted by molar-refractivity contribution is 7.21. The Morgan fingerprint density at radius 3 is 2.67 bits per heavy atom. The van der Waals surface area contributed by atoms with Crippen LogP contribution in [0.5, 0.6) is 0 Å². The Balaban J connectivity index is 2.03. The minimum absolute atomic E-state index is 0.0597. The Hall–Kier alpha value is -1.26. The van der Waals surface area contributed by atoms with Gasteiger partial charge >= 0.3 is 0 Å². The first-order valence-corrected chi connectivity index (χ1v) is 8.48. The van der Waals surface area contributed by atoms with Crippen LogP contribution in [0.1, 0.15) is 42.8 Å². The number of benzene rings is 1. The van der Waals surface area contributed by atoms with Crippen LogP contribution in [0.2, 0.25) is 5.02 Å². The van der Waals surface area contributed by atoms with E-state index in [0.717, 1.165) is 22.9 Å². The van der Waals surface area contributed by atoms with E-state index in [1.54, 1.807) is 0 Å². The summed E-state index contributed by atoms with van der Waals surface area (Å²) in [6.07, 6.45) is 3.31. The minimum atomic E-state index is 0.0597. The number of nitrogen functional groups attached to an aromatic ring is 1. The van der Waals surface area contributed by atoms with Crippen LogP contribution >= 0.6 is 22.9 Å². The summed E-state index contributed by atoms with van der Waals surface area (Å²) in [4.78, 5) is 15.6. The average Bonchev–Trinajstić information content (AvgIpc) is 2.76. The highest BCUT2D eigenvalue weighted by atomic mass is 35.5. The molecular weight excluding hydrogens is 304 g/mol. The van der Waals surface area contributed by atoms with E-state index >= 15 is 0 Å². The van der Waals surface area contributed by atoms with Crippen LogP contribution in [0.25, 0.3) is 10.1 Å². The fourth-order valence-corrected chi connectivity index (χ4v) is 4.41. The summed E-state index contributed by atoms with van der Waals surface area (Å²) in [5.74, 6) is 0.0597. The van der Waals surface area contributed by atoms with Gasteiger partial charge in [-0.3, -0.25) is 4.79 Å². The summed E-state index contributed by atoms with van der Waals surface area (Å²) in [7, 11) is 0. The highest BCUT2D eigenvalue weighted by Crippen LogP contribution is 2.37. The predicted molar refractivity (Wildman–Crippen MR) is 90.2 cm³/mol. The maximum Gasteiger partial charge on any atom is 0.266 e. The van der Waals surface area contributed by atoms with Gasteiger partial charge in [-0.2, -0.15) is 0 Å². The molecule has 1 aromatic heterocycles. The van der Waals surface area contributed by atoms with Crippen molar-refractivity contribution in [3.63, 3.8) is 0 Å². The number of thiophene rings is 1. The number of nitrogens with zero attached hydrogens (tertiary/aromatic N) is 1. The molecule has 1 aliphatic rings. The van der Waals surface area contributed by atoms with Gasteiger partial charge in [0.05, 0.1) is 5.69 Å². The molecule has 5 heteroatoms. The van der Waals surface area contributed by atoms with Crippen molar-refractivity contribution in [3.8, 4) is 0 Å². The molecule has 0 bridgehead atoms. The topological polar surface area (TPSA) is 46.3 Å². The molecule has 1 saturated heterocycles. The monoisotopic (exact) mass is 322 g/mol. The van der Waals surface area contributed by atoms with E-state index in [9.17, 15) is 4.79 Å². The molecule has 3 rings (SSSR count). The fraction of sp³-hybridized carbons (Fsp3) is 0.438. The van der Waals surface area contributed by atoms with Gasteiger partial charge in [-0.1, -0.05) is 11.6 Å². The van der Waals surface area contributed by atoms with Gasteiger partial charge in [0.1, 0.15) is 4.88 Å². The van der Waals surface area contributed by atoms with E-state index in [0.29, 0.717) is 15.6 Å². The third kappa shape index (κ3) is 2.51. The van der Waals surface area contributed by atoms with Crippen molar-refractivity contribution in [2.24, 2.45) is 0 Å². The second-order valence-corrected chi connectivity index (χ2v) is 7.32. The van der Waals surface area contributed by atoms with E-state index < -0.39 is 0 Å². The maximum absolute atomic E-state index is 12.9. The second kappa shape index (κ2) is 5.50. The minimum Gasteiger partial charge on any atom is -0.397 e. The van der Waals surface area contributed by atoms with Crippen LogP contribution in [0, 0.1) is 0 Å². The highest BCUT2D eigenvalue weighted by Gasteiger charge is 2.31. The maximum atomic E-state index is 12.9. The summed E-state index contributed by atoms with van der Waals surface area (Å²) in [6, 6.07) is 6.14. The summed E-state index contributed by atoms with van der Waals surface area (Å²) < 4.78 is 1.01. The zero-order valence-corrected chi connectivity index (χ0v) is 13.8. The molecule has 2 heterocycles. The van der Waals surface area contributed by atoms with Crippen molar-refractivity contribution in [2.75, 3.05) is 5.73 Å². The summed E-state index contributed by atoms with van der Waals surface area (Å²) >= 11 is 7.49. The largest absolute Gasteiger partial charge is 0.397 e. The summed E-state index contributed by atoms with van der Waals surface area (Å²) in [6.45, 7) is 4.24. The van der Waals surface area contributed by atoms with E-state index in [-0.39, 0.29) is 18.0 Å². The number of hydrogen-bond donors (Lipinski definition) is 1. The Bertz CT molecular complexity index is 687. The van der Waals surface area contributed by atoms with Crippen LogP contribution in [0.4, 0.5) is 5.69 Å². The number of anilines is 1. The lowest BCUT2D eigenvalue weighted by Crippen LogP contribution is -2.47. The quantitative estimate of drug-likeness (QED) is 0.837. The lowest BCUT2D eigenvalue weighted by Gasteiger charge is -2.38. The molecule has 112 valence electrons. The first kappa shape index (κ1) is 14.7. The molecule has 0 saturated carbocycles. The van der Waals surface area contributed by atoms with Crippen molar-refractivity contribution in [1.29, 1.82) is 0 Å². The first-order valence-electron chi connectivity index (χ1n) is 7.29. The zero-order chi connectivity index (χ0) is 15.1. The van der Waals surface area contributed by atoms with Crippen molar-refractivity contribution >= 4 is 44.6 Å². The van der Waals surface area contributed by atoms with E-state index in [4.69, 9.17) is 17.3 Å². The van der Waals surface area contributed by atoms with Gasteiger partial charge in [-0.05, 0) is 51.3 Å². The van der Waals surface area contributed by atoms with Crippen LogP contribution in [-0.2, 0) is 0 Å². The van der Waals surface area contributed by atoms with Gasteiger partial charge in [-0.25, -0.2) is 0 Å². The number of amides is 1. The predicted octanol–water partition coefficient (Wildman–Crippen LogP) is 4.54. The molecule has 1 amide bonds. The van der Waals surface area contributed by atoms with Crippen molar-refractivity contribution in [1.82, 2.24) is 4.90 Å². The molecule has 1 aliphatic heterocycles. The van der Waals surface area contributed by atoms with Crippen molar-refractivity contribution in [2.45, 2.75) is 45.2 Å². The van der Waals surface area contributed by atoms with E-state index in [2.05, 4.69) is 13.8 Å². The van der Waals surface area contributed by atoms with Crippen molar-refractivity contribution < 1.29 is 4.79 Å². The Labute approximate surface area is 133 Å². The van der Waals surface area contributed by atoms with Gasteiger partial charge in [0, 0.05) is 27.2 Å². The van der Waals surface area contributed by atoms with Crippen LogP contribution in [0.3, 0.4) is 0 Å². The van der Waals surface area contributed by atoms with Gasteiger partial charge in [0.15, 0.2) is 0 Å². The molecule has 1 aromatic carbocycles. The van der Waals surface area contributed by atoms with Gasteiger partial charge in [0.25, 0.3) is 5.91 Å². The number of hydrogen-bond acceptors (Lipinski definition) is 3. The van der Waals surface area contributed by atoms with Crippen LogP contribution in [0.15, 0.2) is 18.2 Å². The Morgan fingerprint density at radius 2 is 2.00 bits per heavy atom. The molecule has 21 heavy (non-hydrogen) atoms. The molecule has 2 atom stereocenters. The standard InChI is InChI=1S/C16H19ClN2OS/c1-9-4-3-5-10(2)19(9)16(20)15-14(18)12-8-11(17)6-7-13(12)21-15/h6-10H,3-5,18H2,1-2H3/t9-,10+. The van der Waals surface area contributed by atoms with Gasteiger partial charge < -0.3 is 10.6 Å². The van der Waals surface area contributed by atoms with Crippen LogP contribution < -0.4 is 5.73 Å². The number of nitrogens with two attached hydrogens (primary N) is 1.